The highest BCUT2D eigenvalue weighted by atomic mass is 14.4. The molecular formula is C24H26. The summed E-state index contributed by atoms with van der Waals surface area (Å²) in [6, 6.07) is 4.66. The summed E-state index contributed by atoms with van der Waals surface area (Å²) in [6.07, 6.45) is 10.3. The molecule has 0 aromatic heterocycles. The van der Waals surface area contributed by atoms with Gasteiger partial charge >= 0.3 is 0 Å². The van der Waals surface area contributed by atoms with Gasteiger partial charge in [0.2, 0.25) is 0 Å². The van der Waals surface area contributed by atoms with E-state index in [1.165, 1.54) is 55.0 Å². The van der Waals surface area contributed by atoms with Crippen molar-refractivity contribution < 1.29 is 0 Å². The second kappa shape index (κ2) is 4.96. The first-order valence-electron chi connectivity index (χ1n) is 8.95. The Morgan fingerprint density at radius 1 is 1.00 bits per heavy atom. The minimum Gasteiger partial charge on any atom is -0.0801 e. The molecule has 0 nitrogen and oxygen atoms in total. The summed E-state index contributed by atoms with van der Waals surface area (Å²) in [6.45, 7) is 13.9. The molecule has 3 aliphatic carbocycles. The van der Waals surface area contributed by atoms with Crippen molar-refractivity contribution in [2.75, 3.05) is 0 Å². The average molecular weight is 314 g/mol. The van der Waals surface area contributed by atoms with Crippen molar-refractivity contribution in [3.05, 3.63) is 79.8 Å². The molecule has 1 aromatic carbocycles. The van der Waals surface area contributed by atoms with Crippen LogP contribution in [0.2, 0.25) is 0 Å². The fourth-order valence-electron chi connectivity index (χ4n) is 4.79. The van der Waals surface area contributed by atoms with Gasteiger partial charge in [-0.3, -0.25) is 0 Å². The van der Waals surface area contributed by atoms with Gasteiger partial charge in [0.05, 0.1) is 0 Å². The molecule has 0 bridgehead atoms. The Morgan fingerprint density at radius 2 is 1.75 bits per heavy atom. The lowest BCUT2D eigenvalue weighted by Gasteiger charge is -2.38. The molecule has 24 heavy (non-hydrogen) atoms. The summed E-state index contributed by atoms with van der Waals surface area (Å²) >= 11 is 0. The molecule has 0 N–H and O–H groups in total. The third-order valence-electron chi connectivity index (χ3n) is 6.19. The van der Waals surface area contributed by atoms with Crippen LogP contribution in [0.15, 0.2) is 58.2 Å². The predicted octanol–water partition coefficient (Wildman–Crippen LogP) is 4.81. The topological polar surface area (TPSA) is 0 Å². The van der Waals surface area contributed by atoms with E-state index in [4.69, 9.17) is 0 Å². The van der Waals surface area contributed by atoms with Crippen LogP contribution < -0.4 is 10.4 Å². The molecule has 0 amide bonds. The molecule has 0 heteroatoms. The average Bonchev–Trinajstić information content (AvgIpc) is 3.12. The Hall–Kier alpha value is -2.08. The van der Waals surface area contributed by atoms with Gasteiger partial charge in [-0.2, -0.15) is 0 Å². The van der Waals surface area contributed by atoms with Crippen LogP contribution in [0.5, 0.6) is 0 Å². The van der Waals surface area contributed by atoms with E-state index in [1.807, 2.05) is 0 Å². The highest BCUT2D eigenvalue weighted by Gasteiger charge is 2.37. The quantitative estimate of drug-likeness (QED) is 0.698. The largest absolute Gasteiger partial charge is 0.0801 e. The molecule has 0 heterocycles. The monoisotopic (exact) mass is 314 g/mol. The Bertz CT molecular complexity index is 1010. The van der Waals surface area contributed by atoms with E-state index in [0.29, 0.717) is 0 Å². The van der Waals surface area contributed by atoms with Crippen LogP contribution in [0, 0.1) is 19.3 Å². The van der Waals surface area contributed by atoms with E-state index in [0.717, 1.165) is 6.42 Å². The molecule has 0 unspecified atom stereocenters. The highest BCUT2D eigenvalue weighted by molar-refractivity contribution is 5.95. The van der Waals surface area contributed by atoms with Gasteiger partial charge in [0.25, 0.3) is 0 Å². The molecule has 0 aliphatic heterocycles. The highest BCUT2D eigenvalue weighted by Crippen LogP contribution is 2.51. The lowest BCUT2D eigenvalue weighted by molar-refractivity contribution is 0.533. The molecule has 0 atom stereocenters. The van der Waals surface area contributed by atoms with E-state index >= 15 is 0 Å². The Labute approximate surface area is 145 Å². The van der Waals surface area contributed by atoms with Gasteiger partial charge in [-0.05, 0) is 84.1 Å². The summed E-state index contributed by atoms with van der Waals surface area (Å²) in [5, 5.41) is 2.85. The summed E-state index contributed by atoms with van der Waals surface area (Å²) in [5.74, 6) is 0. The van der Waals surface area contributed by atoms with Crippen LogP contribution in [0.4, 0.5) is 0 Å². The zero-order valence-corrected chi connectivity index (χ0v) is 15.7. The molecule has 0 fully saturated rings. The Kier molecular flexibility index (Phi) is 3.19. The van der Waals surface area contributed by atoms with E-state index < -0.39 is 0 Å². The number of allylic oxidation sites excluding steroid dienone is 8. The van der Waals surface area contributed by atoms with E-state index in [2.05, 4.69) is 78.0 Å². The molecule has 0 spiro atoms. The first-order chi connectivity index (χ1) is 11.3. The van der Waals surface area contributed by atoms with Gasteiger partial charge in [0, 0.05) is 5.41 Å². The van der Waals surface area contributed by atoms with Crippen LogP contribution in [-0.4, -0.2) is 0 Å². The Morgan fingerprint density at radius 3 is 2.42 bits per heavy atom. The van der Waals surface area contributed by atoms with E-state index in [1.54, 1.807) is 0 Å². The lowest BCUT2D eigenvalue weighted by atomic mass is 9.65. The van der Waals surface area contributed by atoms with Gasteiger partial charge < -0.3 is 0 Å². The number of aryl methyl sites for hydroxylation is 2. The molecule has 0 radical (unpaired) electrons. The van der Waals surface area contributed by atoms with Crippen molar-refractivity contribution in [3.63, 3.8) is 0 Å². The van der Waals surface area contributed by atoms with Crippen molar-refractivity contribution in [1.29, 1.82) is 0 Å². The van der Waals surface area contributed by atoms with Gasteiger partial charge in [-0.15, -0.1) is 0 Å². The fraction of sp³-hybridized carbons (Fsp3) is 0.333. The smallest absolute Gasteiger partial charge is 0.0117 e. The second-order valence-corrected chi connectivity index (χ2v) is 8.05. The van der Waals surface area contributed by atoms with E-state index in [-0.39, 0.29) is 5.41 Å². The van der Waals surface area contributed by atoms with Gasteiger partial charge in [-0.25, -0.2) is 0 Å². The molecule has 0 saturated heterocycles. The van der Waals surface area contributed by atoms with Crippen LogP contribution >= 0.6 is 0 Å². The Balaban J connectivity index is 2.17. The normalized spacial score (nSPS) is 21.1. The molecule has 3 aliphatic rings. The predicted molar refractivity (Wildman–Crippen MR) is 104 cm³/mol. The minimum absolute atomic E-state index is 0.0856. The molecule has 1 aromatic rings. The SMILES string of the molecule is CC1=C(C)C(C)(C)C(C2=CC=CC2)=C2C=c3cc(C)cc(C)c3=C12. The summed E-state index contributed by atoms with van der Waals surface area (Å²) in [7, 11) is 0. The zero-order chi connectivity index (χ0) is 17.2. The lowest BCUT2D eigenvalue weighted by Crippen LogP contribution is -2.29. The number of fused-ring (bicyclic) bond motifs is 2. The number of hydrogen-bond donors (Lipinski definition) is 0. The van der Waals surface area contributed by atoms with E-state index in [9.17, 15) is 0 Å². The fourth-order valence-corrected chi connectivity index (χ4v) is 4.79. The maximum absolute atomic E-state index is 2.44. The minimum atomic E-state index is 0.0856. The third kappa shape index (κ3) is 1.92. The third-order valence-corrected chi connectivity index (χ3v) is 6.19. The van der Waals surface area contributed by atoms with Crippen molar-refractivity contribution >= 4 is 11.6 Å². The second-order valence-electron chi connectivity index (χ2n) is 8.05. The van der Waals surface area contributed by atoms with Crippen LogP contribution in [0.3, 0.4) is 0 Å². The van der Waals surface area contributed by atoms with Crippen molar-refractivity contribution in [1.82, 2.24) is 0 Å². The van der Waals surface area contributed by atoms with Crippen molar-refractivity contribution in [3.8, 4) is 0 Å². The number of benzene rings is 1. The standard InChI is InChI=1S/C24H26/c1-14-11-15(2)21-19(12-14)13-20-22(21)16(3)17(4)24(5,6)23(20)18-9-7-8-10-18/h7-9,11-13H,10H2,1-6H3. The summed E-state index contributed by atoms with van der Waals surface area (Å²) in [4.78, 5) is 0. The van der Waals surface area contributed by atoms with Crippen LogP contribution in [0.25, 0.3) is 11.6 Å². The van der Waals surface area contributed by atoms with Gasteiger partial charge in [0.15, 0.2) is 0 Å². The maximum Gasteiger partial charge on any atom is 0.0117 e. The molecular weight excluding hydrogens is 288 g/mol. The van der Waals surface area contributed by atoms with Crippen molar-refractivity contribution in [2.24, 2.45) is 5.41 Å². The van der Waals surface area contributed by atoms with Crippen LogP contribution in [0.1, 0.15) is 45.2 Å². The first-order valence-corrected chi connectivity index (χ1v) is 8.95. The molecule has 0 saturated carbocycles. The summed E-state index contributed by atoms with van der Waals surface area (Å²) < 4.78 is 0. The first kappa shape index (κ1) is 15.4. The molecule has 4 rings (SSSR count). The zero-order valence-electron chi connectivity index (χ0n) is 15.7. The number of hydrogen-bond acceptors (Lipinski definition) is 0. The number of rotatable bonds is 1. The van der Waals surface area contributed by atoms with Gasteiger partial charge in [-0.1, -0.05) is 55.3 Å². The van der Waals surface area contributed by atoms with Gasteiger partial charge in [0.1, 0.15) is 0 Å². The molecule has 122 valence electrons. The van der Waals surface area contributed by atoms with Crippen molar-refractivity contribution in [2.45, 2.75) is 48.0 Å². The van der Waals surface area contributed by atoms with Crippen LogP contribution in [-0.2, 0) is 0 Å². The summed E-state index contributed by atoms with van der Waals surface area (Å²) in [5.41, 5.74) is 11.7. The maximum atomic E-state index is 2.44.